The summed E-state index contributed by atoms with van der Waals surface area (Å²) < 4.78 is 27.0. The minimum atomic E-state index is -3.78. The van der Waals surface area contributed by atoms with Crippen molar-refractivity contribution in [2.45, 2.75) is 11.3 Å². The molecule has 1 aliphatic heterocycles. The van der Waals surface area contributed by atoms with Crippen LogP contribution in [-0.2, 0) is 16.4 Å². The molecule has 1 heterocycles. The van der Waals surface area contributed by atoms with Crippen molar-refractivity contribution < 1.29 is 18.1 Å². The number of benzene rings is 3. The number of sulfonamides is 1. The summed E-state index contributed by atoms with van der Waals surface area (Å²) in [6.07, 6.45) is 0.605. The van der Waals surface area contributed by atoms with Crippen molar-refractivity contribution in [3.8, 4) is 0 Å². The fourth-order valence-corrected chi connectivity index (χ4v) is 4.75. The van der Waals surface area contributed by atoms with E-state index in [0.717, 1.165) is 5.56 Å². The Bertz CT molecular complexity index is 1260. The number of nitro groups is 1. The molecule has 0 aromatic heterocycles. The molecule has 0 bridgehead atoms. The number of para-hydroxylation sites is 1. The molecule has 4 rings (SSSR count). The summed E-state index contributed by atoms with van der Waals surface area (Å²) in [5.41, 5.74) is 2.13. The number of carbonyl (C=O) groups is 1. The predicted molar refractivity (Wildman–Crippen MR) is 117 cm³/mol. The number of nitro benzene ring substituents is 1. The van der Waals surface area contributed by atoms with Crippen LogP contribution in [0.5, 0.6) is 0 Å². The second-order valence-electron chi connectivity index (χ2n) is 7.11. The van der Waals surface area contributed by atoms with Gasteiger partial charge in [-0.15, -0.1) is 0 Å². The second kappa shape index (κ2) is 7.84. The van der Waals surface area contributed by atoms with Gasteiger partial charge in [-0.2, -0.15) is 0 Å². The summed E-state index contributed by atoms with van der Waals surface area (Å²) in [5.74, 6) is -0.334. The number of amides is 1. The van der Waals surface area contributed by atoms with E-state index >= 15 is 0 Å². The summed E-state index contributed by atoms with van der Waals surface area (Å²) in [7, 11) is -2.31. The molecule has 8 nitrogen and oxygen atoms in total. The van der Waals surface area contributed by atoms with E-state index in [4.69, 9.17) is 0 Å². The Balaban J connectivity index is 1.59. The maximum atomic E-state index is 13.0. The number of nitrogens with zero attached hydrogens (tertiary/aromatic N) is 3. The van der Waals surface area contributed by atoms with Crippen molar-refractivity contribution in [3.05, 3.63) is 94.0 Å². The van der Waals surface area contributed by atoms with Gasteiger partial charge in [-0.05, 0) is 48.4 Å². The number of anilines is 2. The van der Waals surface area contributed by atoms with E-state index in [1.807, 2.05) is 0 Å². The zero-order valence-corrected chi connectivity index (χ0v) is 17.5. The van der Waals surface area contributed by atoms with E-state index in [1.54, 1.807) is 36.4 Å². The Labute approximate surface area is 179 Å². The van der Waals surface area contributed by atoms with Crippen LogP contribution in [0.2, 0.25) is 0 Å². The molecule has 0 spiro atoms. The molecule has 3 aromatic carbocycles. The molecule has 158 valence electrons. The van der Waals surface area contributed by atoms with E-state index in [9.17, 15) is 23.3 Å². The minimum absolute atomic E-state index is 0.0628. The third-order valence-electron chi connectivity index (χ3n) is 5.30. The van der Waals surface area contributed by atoms with Gasteiger partial charge in [-0.1, -0.05) is 24.3 Å². The van der Waals surface area contributed by atoms with Crippen LogP contribution in [0.4, 0.5) is 17.1 Å². The SMILES string of the molecule is CN(c1ccccc1)S(=O)(=O)c1ccc(C(=O)N2CCc3ccc([N+](=O)[O-])cc32)cc1. The standard InChI is InChI=1S/C22H19N3O5S/c1-23(18-5-3-2-4-6-18)31(29,30)20-11-8-17(9-12-20)22(26)24-14-13-16-7-10-19(25(27)28)15-21(16)24/h2-12,15H,13-14H2,1H3. The molecule has 9 heteroatoms. The zero-order valence-electron chi connectivity index (χ0n) is 16.6. The van der Waals surface area contributed by atoms with Crippen LogP contribution >= 0.6 is 0 Å². The fraction of sp³-hybridized carbons (Fsp3) is 0.136. The molecule has 0 aliphatic carbocycles. The van der Waals surface area contributed by atoms with Gasteiger partial charge < -0.3 is 4.90 Å². The van der Waals surface area contributed by atoms with Crippen molar-refractivity contribution >= 4 is 33.0 Å². The van der Waals surface area contributed by atoms with Crippen molar-refractivity contribution in [2.75, 3.05) is 22.8 Å². The van der Waals surface area contributed by atoms with Crippen LogP contribution < -0.4 is 9.21 Å². The van der Waals surface area contributed by atoms with Crippen molar-refractivity contribution in [2.24, 2.45) is 0 Å². The van der Waals surface area contributed by atoms with Gasteiger partial charge in [0.2, 0.25) is 0 Å². The Hall–Kier alpha value is -3.72. The molecule has 0 saturated heterocycles. The highest BCUT2D eigenvalue weighted by Gasteiger charge is 2.28. The molecule has 31 heavy (non-hydrogen) atoms. The normalized spacial score (nSPS) is 13.0. The van der Waals surface area contributed by atoms with Crippen LogP contribution in [0.25, 0.3) is 0 Å². The van der Waals surface area contributed by atoms with E-state index in [0.29, 0.717) is 29.9 Å². The quantitative estimate of drug-likeness (QED) is 0.448. The summed E-state index contributed by atoms with van der Waals surface area (Å²) in [6, 6.07) is 18.9. The van der Waals surface area contributed by atoms with Crippen molar-refractivity contribution in [1.29, 1.82) is 0 Å². The van der Waals surface area contributed by atoms with Crippen molar-refractivity contribution in [1.82, 2.24) is 0 Å². The van der Waals surface area contributed by atoms with Gasteiger partial charge in [0.25, 0.3) is 21.6 Å². The molecule has 0 N–H and O–H groups in total. The molecule has 0 unspecified atom stereocenters. The number of hydrogen-bond acceptors (Lipinski definition) is 5. The lowest BCUT2D eigenvalue weighted by atomic mass is 10.1. The van der Waals surface area contributed by atoms with E-state index < -0.39 is 14.9 Å². The zero-order chi connectivity index (χ0) is 22.2. The Kier molecular flexibility index (Phi) is 5.20. The summed E-state index contributed by atoms with van der Waals surface area (Å²) in [4.78, 5) is 25.1. The third kappa shape index (κ3) is 3.75. The maximum Gasteiger partial charge on any atom is 0.271 e. The molecule has 0 radical (unpaired) electrons. The lowest BCUT2D eigenvalue weighted by molar-refractivity contribution is -0.384. The molecular weight excluding hydrogens is 418 g/mol. The smallest absolute Gasteiger partial charge is 0.271 e. The lowest BCUT2D eigenvalue weighted by Gasteiger charge is -2.20. The molecule has 0 saturated carbocycles. The molecule has 0 fully saturated rings. The van der Waals surface area contributed by atoms with Crippen LogP contribution in [0.3, 0.4) is 0 Å². The molecule has 1 aliphatic rings. The van der Waals surface area contributed by atoms with Gasteiger partial charge in [0.15, 0.2) is 0 Å². The average Bonchev–Trinajstić information content (AvgIpc) is 3.22. The van der Waals surface area contributed by atoms with E-state index in [1.165, 1.54) is 52.7 Å². The monoisotopic (exact) mass is 437 g/mol. The second-order valence-corrected chi connectivity index (χ2v) is 9.08. The van der Waals surface area contributed by atoms with E-state index in [-0.39, 0.29) is 16.5 Å². The maximum absolute atomic E-state index is 13.0. The van der Waals surface area contributed by atoms with Crippen LogP contribution in [0, 0.1) is 10.1 Å². The number of fused-ring (bicyclic) bond motifs is 1. The molecule has 1 amide bonds. The highest BCUT2D eigenvalue weighted by atomic mass is 32.2. The number of carbonyl (C=O) groups excluding carboxylic acids is 1. The lowest BCUT2D eigenvalue weighted by Crippen LogP contribution is -2.29. The van der Waals surface area contributed by atoms with Crippen molar-refractivity contribution in [3.63, 3.8) is 0 Å². The molecule has 3 aromatic rings. The molecular formula is C22H19N3O5S. The largest absolute Gasteiger partial charge is 0.308 e. The van der Waals surface area contributed by atoms with Crippen LogP contribution in [0.15, 0.2) is 77.7 Å². The third-order valence-corrected chi connectivity index (χ3v) is 7.10. The summed E-state index contributed by atoms with van der Waals surface area (Å²) in [5, 5.41) is 11.1. The highest BCUT2D eigenvalue weighted by molar-refractivity contribution is 7.92. The summed E-state index contributed by atoms with van der Waals surface area (Å²) in [6.45, 7) is 0.409. The first-order valence-corrected chi connectivity index (χ1v) is 11.0. The first-order valence-electron chi connectivity index (χ1n) is 9.52. The van der Waals surface area contributed by atoms with Gasteiger partial charge in [0.1, 0.15) is 0 Å². The number of rotatable bonds is 5. The summed E-state index contributed by atoms with van der Waals surface area (Å²) >= 11 is 0. The average molecular weight is 437 g/mol. The van der Waals surface area contributed by atoms with Crippen LogP contribution in [0.1, 0.15) is 15.9 Å². The minimum Gasteiger partial charge on any atom is -0.308 e. The Morgan fingerprint density at radius 1 is 1.03 bits per heavy atom. The van der Waals surface area contributed by atoms with Gasteiger partial charge in [-0.25, -0.2) is 8.42 Å². The Morgan fingerprint density at radius 3 is 2.35 bits per heavy atom. The highest BCUT2D eigenvalue weighted by Crippen LogP contribution is 2.33. The predicted octanol–water partition coefficient (Wildman–Crippen LogP) is 3.62. The van der Waals surface area contributed by atoms with Gasteiger partial charge in [0.05, 0.1) is 21.2 Å². The van der Waals surface area contributed by atoms with Gasteiger partial charge in [0, 0.05) is 31.3 Å². The number of hydrogen-bond donors (Lipinski definition) is 0. The van der Waals surface area contributed by atoms with E-state index in [2.05, 4.69) is 0 Å². The Morgan fingerprint density at radius 2 is 1.71 bits per heavy atom. The molecule has 0 atom stereocenters. The number of non-ortho nitro benzene ring substituents is 1. The first-order chi connectivity index (χ1) is 14.8. The first kappa shape index (κ1) is 20.5. The fourth-order valence-electron chi connectivity index (χ4n) is 3.55. The van der Waals surface area contributed by atoms with Crippen LogP contribution in [-0.4, -0.2) is 32.8 Å². The topological polar surface area (TPSA) is 101 Å². The van der Waals surface area contributed by atoms with Gasteiger partial charge >= 0.3 is 0 Å². The van der Waals surface area contributed by atoms with Gasteiger partial charge in [-0.3, -0.25) is 19.2 Å².